The Hall–Kier alpha value is -1.18. The van der Waals surface area contributed by atoms with E-state index in [0.717, 1.165) is 17.0 Å². The van der Waals surface area contributed by atoms with Crippen molar-refractivity contribution >= 4 is 21.4 Å². The zero-order valence-electron chi connectivity index (χ0n) is 9.92. The van der Waals surface area contributed by atoms with Gasteiger partial charge < -0.3 is 4.42 Å². The highest BCUT2D eigenvalue weighted by Crippen LogP contribution is 2.21. The molecule has 5 nitrogen and oxygen atoms in total. The molecule has 98 valence electrons. The van der Waals surface area contributed by atoms with E-state index >= 15 is 0 Å². The van der Waals surface area contributed by atoms with Gasteiger partial charge in [0.2, 0.25) is 10.0 Å². The molecular formula is C11H14N2O3S2. The number of aryl methyl sites for hydroxylation is 1. The molecule has 2 aromatic rings. The Morgan fingerprint density at radius 2 is 2.28 bits per heavy atom. The van der Waals surface area contributed by atoms with Gasteiger partial charge in [0.15, 0.2) is 6.39 Å². The monoisotopic (exact) mass is 286 g/mol. The summed E-state index contributed by atoms with van der Waals surface area (Å²) in [6.45, 7) is 2.31. The highest BCUT2D eigenvalue weighted by Gasteiger charge is 2.15. The highest BCUT2D eigenvalue weighted by molar-refractivity contribution is 7.91. The second-order valence-electron chi connectivity index (χ2n) is 3.70. The van der Waals surface area contributed by atoms with Crippen molar-refractivity contribution in [2.24, 2.45) is 0 Å². The van der Waals surface area contributed by atoms with Crippen molar-refractivity contribution in [1.82, 2.24) is 9.71 Å². The van der Waals surface area contributed by atoms with Gasteiger partial charge in [-0.25, -0.2) is 18.1 Å². The fraction of sp³-hybridized carbons (Fsp3) is 0.364. The van der Waals surface area contributed by atoms with Crippen molar-refractivity contribution in [1.29, 1.82) is 0 Å². The number of aromatic nitrogens is 1. The van der Waals surface area contributed by atoms with Gasteiger partial charge in [0.1, 0.15) is 10.5 Å². The molecule has 2 heterocycles. The fourth-order valence-electron chi connectivity index (χ4n) is 1.44. The molecule has 18 heavy (non-hydrogen) atoms. The van der Waals surface area contributed by atoms with Gasteiger partial charge in [0.25, 0.3) is 0 Å². The lowest BCUT2D eigenvalue weighted by atomic mass is 10.3. The van der Waals surface area contributed by atoms with Gasteiger partial charge in [-0.15, -0.1) is 11.3 Å². The molecule has 0 unspecified atom stereocenters. The number of nitrogens with zero attached hydrogens (tertiary/aromatic N) is 1. The lowest BCUT2D eigenvalue weighted by molar-refractivity contribution is 0.555. The van der Waals surface area contributed by atoms with Crippen molar-refractivity contribution in [2.45, 2.75) is 24.0 Å². The van der Waals surface area contributed by atoms with Crippen LogP contribution in [0.4, 0.5) is 0 Å². The summed E-state index contributed by atoms with van der Waals surface area (Å²) in [5.74, 6) is 0. The van der Waals surface area contributed by atoms with Crippen molar-refractivity contribution in [3.05, 3.63) is 35.4 Å². The quantitative estimate of drug-likeness (QED) is 0.879. The third-order valence-corrected chi connectivity index (χ3v) is 5.59. The van der Waals surface area contributed by atoms with Crippen LogP contribution in [0.3, 0.4) is 0 Å². The minimum absolute atomic E-state index is 0.314. The van der Waals surface area contributed by atoms with Crippen LogP contribution in [0.5, 0.6) is 0 Å². The minimum atomic E-state index is -3.39. The molecule has 2 aromatic heterocycles. The molecule has 0 saturated carbocycles. The van der Waals surface area contributed by atoms with Gasteiger partial charge in [-0.3, -0.25) is 0 Å². The molecular weight excluding hydrogens is 272 g/mol. The van der Waals surface area contributed by atoms with E-state index in [0.29, 0.717) is 17.2 Å². The third kappa shape index (κ3) is 3.18. The van der Waals surface area contributed by atoms with Gasteiger partial charge in [-0.1, -0.05) is 6.92 Å². The maximum absolute atomic E-state index is 11.9. The second-order valence-corrected chi connectivity index (χ2v) is 6.86. The lowest BCUT2D eigenvalue weighted by Crippen LogP contribution is -2.25. The zero-order valence-corrected chi connectivity index (χ0v) is 11.6. The van der Waals surface area contributed by atoms with Crippen LogP contribution in [0.2, 0.25) is 0 Å². The second kappa shape index (κ2) is 5.64. The normalized spacial score (nSPS) is 11.8. The Balaban J connectivity index is 1.95. The average molecular weight is 286 g/mol. The number of nitrogens with one attached hydrogen (secondary N) is 1. The first-order chi connectivity index (χ1) is 8.62. The summed E-state index contributed by atoms with van der Waals surface area (Å²) in [7, 11) is -3.39. The summed E-state index contributed by atoms with van der Waals surface area (Å²) < 4.78 is 31.6. The van der Waals surface area contributed by atoms with Crippen LogP contribution in [-0.2, 0) is 22.9 Å². The summed E-state index contributed by atoms with van der Waals surface area (Å²) >= 11 is 1.30. The number of hydrogen-bond donors (Lipinski definition) is 1. The van der Waals surface area contributed by atoms with E-state index in [4.69, 9.17) is 4.42 Å². The first-order valence-corrected chi connectivity index (χ1v) is 7.87. The Morgan fingerprint density at radius 1 is 1.44 bits per heavy atom. The molecule has 0 fully saturated rings. The zero-order chi connectivity index (χ0) is 13.0. The third-order valence-electron chi connectivity index (χ3n) is 2.41. The van der Waals surface area contributed by atoms with Crippen LogP contribution in [0, 0.1) is 0 Å². The standard InChI is InChI=1S/C11H14N2O3S2/c1-2-10-3-4-11(17-10)18(14,15)13-6-5-9-7-16-8-12-9/h3-4,7-8,13H,2,5-6H2,1H3. The predicted molar refractivity (Wildman–Crippen MR) is 69.1 cm³/mol. The van der Waals surface area contributed by atoms with E-state index in [1.54, 1.807) is 6.07 Å². The average Bonchev–Trinajstić information content (AvgIpc) is 2.99. The van der Waals surface area contributed by atoms with Gasteiger partial charge in [-0.05, 0) is 18.6 Å². The Kier molecular flexibility index (Phi) is 4.15. The van der Waals surface area contributed by atoms with Crippen molar-refractivity contribution in [2.75, 3.05) is 6.54 Å². The van der Waals surface area contributed by atoms with Crippen molar-refractivity contribution < 1.29 is 12.8 Å². The summed E-state index contributed by atoms with van der Waals surface area (Å²) in [5, 5.41) is 0. The minimum Gasteiger partial charge on any atom is -0.451 e. The Bertz CT molecular complexity index is 588. The number of oxazole rings is 1. The van der Waals surface area contributed by atoms with Gasteiger partial charge in [0.05, 0.1) is 5.69 Å². The first kappa shape index (κ1) is 13.3. The molecule has 0 aliphatic carbocycles. The molecule has 0 amide bonds. The van der Waals surface area contributed by atoms with Crippen LogP contribution < -0.4 is 4.72 Å². The van der Waals surface area contributed by atoms with Crippen LogP contribution in [-0.4, -0.2) is 19.9 Å². The number of hydrogen-bond acceptors (Lipinski definition) is 5. The maximum Gasteiger partial charge on any atom is 0.250 e. The molecule has 2 rings (SSSR count). The van der Waals surface area contributed by atoms with Crippen molar-refractivity contribution in [3.8, 4) is 0 Å². The van der Waals surface area contributed by atoms with Crippen LogP contribution >= 0.6 is 11.3 Å². The number of thiophene rings is 1. The van der Waals surface area contributed by atoms with Crippen molar-refractivity contribution in [3.63, 3.8) is 0 Å². The highest BCUT2D eigenvalue weighted by atomic mass is 32.2. The first-order valence-electron chi connectivity index (χ1n) is 5.57. The number of rotatable bonds is 6. The van der Waals surface area contributed by atoms with E-state index in [9.17, 15) is 8.42 Å². The molecule has 0 aromatic carbocycles. The fourth-order valence-corrected chi connectivity index (χ4v) is 3.81. The summed E-state index contributed by atoms with van der Waals surface area (Å²) in [6, 6.07) is 3.48. The SMILES string of the molecule is CCc1ccc(S(=O)(=O)NCCc2cocn2)s1. The summed E-state index contributed by atoms with van der Waals surface area (Å²) in [4.78, 5) is 4.99. The smallest absolute Gasteiger partial charge is 0.250 e. The molecule has 0 spiro atoms. The topological polar surface area (TPSA) is 72.2 Å². The van der Waals surface area contributed by atoms with E-state index in [1.165, 1.54) is 24.0 Å². The maximum atomic E-state index is 11.9. The molecule has 0 saturated heterocycles. The van der Waals surface area contributed by atoms with E-state index in [-0.39, 0.29) is 0 Å². The van der Waals surface area contributed by atoms with E-state index < -0.39 is 10.0 Å². The summed E-state index contributed by atoms with van der Waals surface area (Å²) in [6.07, 6.45) is 4.20. The molecule has 0 bridgehead atoms. The molecule has 0 atom stereocenters. The van der Waals surface area contributed by atoms with Crippen LogP contribution in [0.25, 0.3) is 0 Å². The van der Waals surface area contributed by atoms with E-state index in [1.807, 2.05) is 13.0 Å². The molecule has 0 radical (unpaired) electrons. The molecule has 7 heteroatoms. The number of sulfonamides is 1. The summed E-state index contributed by atoms with van der Waals surface area (Å²) in [5.41, 5.74) is 0.734. The largest absolute Gasteiger partial charge is 0.451 e. The molecule has 0 aliphatic rings. The van der Waals surface area contributed by atoms with Gasteiger partial charge in [-0.2, -0.15) is 0 Å². The Morgan fingerprint density at radius 3 is 2.89 bits per heavy atom. The van der Waals surface area contributed by atoms with Gasteiger partial charge in [0, 0.05) is 17.8 Å². The van der Waals surface area contributed by atoms with E-state index in [2.05, 4.69) is 9.71 Å². The lowest BCUT2D eigenvalue weighted by Gasteiger charge is -2.02. The predicted octanol–water partition coefficient (Wildman–Crippen LogP) is 1.82. The van der Waals surface area contributed by atoms with Gasteiger partial charge >= 0.3 is 0 Å². The Labute approximate surface area is 110 Å². The van der Waals surface area contributed by atoms with Crippen LogP contribution in [0.15, 0.2) is 33.4 Å². The van der Waals surface area contributed by atoms with Crippen LogP contribution in [0.1, 0.15) is 17.5 Å². The molecule has 1 N–H and O–H groups in total. The molecule has 0 aliphatic heterocycles.